The maximum atomic E-state index is 12.4. The van der Waals surface area contributed by atoms with Crippen molar-refractivity contribution in [3.05, 3.63) is 134 Å². The summed E-state index contributed by atoms with van der Waals surface area (Å²) in [5.74, 6) is -0.0812. The maximum absolute atomic E-state index is 12.4. The lowest BCUT2D eigenvalue weighted by Gasteiger charge is -2.20. The molecule has 3 N–H and O–H groups in total. The highest BCUT2D eigenvalue weighted by Crippen LogP contribution is 2.13. The van der Waals surface area contributed by atoms with Crippen LogP contribution in [0, 0.1) is 0 Å². The summed E-state index contributed by atoms with van der Waals surface area (Å²) in [6.45, 7) is 4.15. The Morgan fingerprint density at radius 2 is 0.721 bits per heavy atom. The Morgan fingerprint density at radius 1 is 0.410 bits per heavy atom. The Labute approximate surface area is 377 Å². The second kappa shape index (κ2) is 50.9. The molecule has 0 spiro atoms. The van der Waals surface area contributed by atoms with Gasteiger partial charge in [-0.05, 0) is 96.3 Å². The molecule has 0 aliphatic rings. The van der Waals surface area contributed by atoms with E-state index in [0.717, 1.165) is 103 Å². The zero-order chi connectivity index (χ0) is 44.2. The third kappa shape index (κ3) is 47.4. The van der Waals surface area contributed by atoms with Crippen molar-refractivity contribution in [2.75, 3.05) is 6.61 Å². The van der Waals surface area contributed by atoms with Crippen LogP contribution in [0.5, 0.6) is 0 Å². The monoisotopic (exact) mass is 840 g/mol. The second-order valence-corrected chi connectivity index (χ2v) is 16.1. The van der Waals surface area contributed by atoms with Crippen LogP contribution >= 0.6 is 0 Å². The molecule has 1 amide bonds. The highest BCUT2D eigenvalue weighted by molar-refractivity contribution is 5.76. The molecule has 0 aliphatic carbocycles. The van der Waals surface area contributed by atoms with Crippen molar-refractivity contribution in [1.29, 1.82) is 0 Å². The van der Waals surface area contributed by atoms with E-state index in [1.165, 1.54) is 77.0 Å². The minimum absolute atomic E-state index is 0.0812. The van der Waals surface area contributed by atoms with Crippen LogP contribution in [0.3, 0.4) is 0 Å². The molecule has 0 aromatic rings. The molecule has 61 heavy (non-hydrogen) atoms. The summed E-state index contributed by atoms with van der Waals surface area (Å²) in [6.07, 6.45) is 80.1. The largest absolute Gasteiger partial charge is 0.394 e. The molecule has 0 heterocycles. The molecule has 0 aliphatic heterocycles. The van der Waals surface area contributed by atoms with E-state index in [1.54, 1.807) is 6.08 Å². The van der Waals surface area contributed by atoms with E-state index in [2.05, 4.69) is 141 Å². The van der Waals surface area contributed by atoms with Crippen LogP contribution in [0.2, 0.25) is 0 Å². The second-order valence-electron chi connectivity index (χ2n) is 16.1. The molecule has 4 heteroatoms. The first-order valence-electron chi connectivity index (χ1n) is 24.9. The number of nitrogens with one attached hydrogen (secondary N) is 1. The van der Waals surface area contributed by atoms with E-state index >= 15 is 0 Å². The third-order valence-electron chi connectivity index (χ3n) is 10.4. The smallest absolute Gasteiger partial charge is 0.220 e. The zero-order valence-corrected chi connectivity index (χ0v) is 39.4. The number of carbonyl (C=O) groups excluding carboxylic acids is 1. The maximum Gasteiger partial charge on any atom is 0.220 e. The number of hydrogen-bond donors (Lipinski definition) is 3. The van der Waals surface area contributed by atoms with E-state index in [0.29, 0.717) is 6.42 Å². The third-order valence-corrected chi connectivity index (χ3v) is 10.4. The fraction of sp³-hybridized carbons (Fsp3) is 0.596. The van der Waals surface area contributed by atoms with Crippen molar-refractivity contribution < 1.29 is 15.0 Å². The minimum atomic E-state index is -0.849. The minimum Gasteiger partial charge on any atom is -0.394 e. The fourth-order valence-corrected chi connectivity index (χ4v) is 6.62. The molecule has 0 aromatic carbocycles. The van der Waals surface area contributed by atoms with E-state index in [1.807, 2.05) is 6.08 Å². The molecule has 0 bridgehead atoms. The van der Waals surface area contributed by atoms with Crippen LogP contribution in [0.25, 0.3) is 0 Å². The van der Waals surface area contributed by atoms with Gasteiger partial charge >= 0.3 is 0 Å². The van der Waals surface area contributed by atoms with Gasteiger partial charge in [0, 0.05) is 6.42 Å². The lowest BCUT2D eigenvalue weighted by molar-refractivity contribution is -0.123. The molecular formula is C57H93NO3. The van der Waals surface area contributed by atoms with E-state index in [-0.39, 0.29) is 12.5 Å². The molecule has 0 saturated carbocycles. The predicted molar refractivity (Wildman–Crippen MR) is 271 cm³/mol. The molecule has 2 unspecified atom stereocenters. The number of hydrogen-bond acceptors (Lipinski definition) is 3. The summed E-state index contributed by atoms with van der Waals surface area (Å²) in [5.41, 5.74) is 0. The first-order valence-corrected chi connectivity index (χ1v) is 24.9. The van der Waals surface area contributed by atoms with E-state index in [4.69, 9.17) is 0 Å². The van der Waals surface area contributed by atoms with Crippen molar-refractivity contribution in [2.45, 2.75) is 212 Å². The number of carbonyl (C=O) groups is 1. The number of aliphatic hydroxyl groups excluding tert-OH is 2. The summed E-state index contributed by atoms with van der Waals surface area (Å²) in [4.78, 5) is 12.4. The van der Waals surface area contributed by atoms with Gasteiger partial charge in [-0.1, -0.05) is 231 Å². The summed E-state index contributed by atoms with van der Waals surface area (Å²) >= 11 is 0. The zero-order valence-electron chi connectivity index (χ0n) is 39.4. The van der Waals surface area contributed by atoms with Crippen LogP contribution in [-0.2, 0) is 4.79 Å². The summed E-state index contributed by atoms with van der Waals surface area (Å²) in [7, 11) is 0. The number of amides is 1. The Kier molecular flexibility index (Phi) is 48.0. The number of aliphatic hydroxyl groups is 2. The standard InChI is InChI=1S/C57H93NO3/c1-3-5-7-9-11-13-15-16-17-18-19-20-21-22-23-24-25-26-27-28-29-30-31-32-33-34-35-36-37-38-39-40-41-42-43-45-47-49-51-53-57(61)58-55(54-59)56(60)52-50-48-46-44-14-12-10-8-6-4-2/h5,7,11,13,16-17,19-20,22-23,25-26,28-29,31-32,34-35,37-38,50,52,55-56,59-60H,3-4,6,8-10,12,14-15,18,21,24,27,30,33,36,39-49,51,53-54H2,1-2H3,(H,58,61)/b7-5-,13-11-,17-16-,20-19-,23-22-,26-25-,29-28-,32-31-,35-34-,38-37-,52-50+. The molecule has 4 nitrogen and oxygen atoms in total. The average molecular weight is 840 g/mol. The molecule has 0 saturated heterocycles. The predicted octanol–water partition coefficient (Wildman–Crippen LogP) is 16.3. The van der Waals surface area contributed by atoms with Gasteiger partial charge in [0.1, 0.15) is 0 Å². The lowest BCUT2D eigenvalue weighted by Crippen LogP contribution is -2.45. The molecule has 0 aromatic heterocycles. The van der Waals surface area contributed by atoms with Crippen molar-refractivity contribution in [1.82, 2.24) is 5.32 Å². The molecule has 344 valence electrons. The SMILES string of the molecule is CC/C=C\C/C=C\C/C=C\C/C=C\C/C=C\C/C=C\C/C=C\C/C=C\C/C=C\C/C=C\CCCCCCCCCCC(=O)NC(CO)C(O)/C=C/CCCCCCCCCC. The van der Waals surface area contributed by atoms with Gasteiger partial charge in [-0.2, -0.15) is 0 Å². The van der Waals surface area contributed by atoms with Crippen molar-refractivity contribution in [2.24, 2.45) is 0 Å². The number of unbranched alkanes of at least 4 members (excludes halogenated alkanes) is 16. The van der Waals surface area contributed by atoms with Gasteiger partial charge in [-0.15, -0.1) is 0 Å². The van der Waals surface area contributed by atoms with Gasteiger partial charge < -0.3 is 15.5 Å². The van der Waals surface area contributed by atoms with Gasteiger partial charge in [0.2, 0.25) is 5.91 Å². The Morgan fingerprint density at radius 3 is 1.08 bits per heavy atom. The molecule has 0 radical (unpaired) electrons. The normalized spacial score (nSPS) is 14.1. The summed E-state index contributed by atoms with van der Waals surface area (Å²) in [5, 5.41) is 22.9. The van der Waals surface area contributed by atoms with Crippen molar-refractivity contribution in [3.63, 3.8) is 0 Å². The molecule has 2 atom stereocenters. The summed E-state index contributed by atoms with van der Waals surface area (Å²) < 4.78 is 0. The lowest BCUT2D eigenvalue weighted by atomic mass is 10.1. The van der Waals surface area contributed by atoms with Gasteiger partial charge in [-0.25, -0.2) is 0 Å². The van der Waals surface area contributed by atoms with Crippen LogP contribution < -0.4 is 5.32 Å². The van der Waals surface area contributed by atoms with Gasteiger partial charge in [-0.3, -0.25) is 4.79 Å². The fourth-order valence-electron chi connectivity index (χ4n) is 6.62. The Balaban J connectivity index is 3.65. The van der Waals surface area contributed by atoms with Gasteiger partial charge in [0.05, 0.1) is 18.8 Å². The van der Waals surface area contributed by atoms with E-state index in [9.17, 15) is 15.0 Å². The highest BCUT2D eigenvalue weighted by Gasteiger charge is 2.17. The molecular weight excluding hydrogens is 747 g/mol. The number of rotatable bonds is 43. The summed E-state index contributed by atoms with van der Waals surface area (Å²) in [6, 6.07) is -0.634. The first kappa shape index (κ1) is 57.5. The van der Waals surface area contributed by atoms with Gasteiger partial charge in [0.25, 0.3) is 0 Å². The highest BCUT2D eigenvalue weighted by atomic mass is 16.3. The van der Waals surface area contributed by atoms with Crippen LogP contribution in [0.15, 0.2) is 134 Å². The molecule has 0 fully saturated rings. The van der Waals surface area contributed by atoms with Crippen LogP contribution in [0.4, 0.5) is 0 Å². The van der Waals surface area contributed by atoms with Gasteiger partial charge in [0.15, 0.2) is 0 Å². The number of allylic oxidation sites excluding steroid dienone is 21. The van der Waals surface area contributed by atoms with Crippen LogP contribution in [0.1, 0.15) is 200 Å². The quantitative estimate of drug-likeness (QED) is 0.0423. The van der Waals surface area contributed by atoms with Crippen LogP contribution in [-0.4, -0.2) is 34.9 Å². The Hall–Kier alpha value is -3.47. The topological polar surface area (TPSA) is 69.6 Å². The average Bonchev–Trinajstić information content (AvgIpc) is 3.26. The first-order chi connectivity index (χ1) is 30.2. The van der Waals surface area contributed by atoms with Crippen molar-refractivity contribution in [3.8, 4) is 0 Å². The van der Waals surface area contributed by atoms with Crippen molar-refractivity contribution >= 4 is 5.91 Å². The molecule has 0 rings (SSSR count). The Bertz CT molecular complexity index is 1270. The van der Waals surface area contributed by atoms with E-state index < -0.39 is 12.1 Å².